The third-order valence-electron chi connectivity index (χ3n) is 4.02. The number of fused-ring (bicyclic) bond motifs is 1. The Morgan fingerprint density at radius 2 is 2.10 bits per heavy atom. The van der Waals surface area contributed by atoms with Crippen molar-refractivity contribution in [2.24, 2.45) is 0 Å². The highest BCUT2D eigenvalue weighted by atomic mass is 16.5. The molecule has 1 fully saturated rings. The zero-order chi connectivity index (χ0) is 15.0. The van der Waals surface area contributed by atoms with Gasteiger partial charge in [0.15, 0.2) is 0 Å². The summed E-state index contributed by atoms with van der Waals surface area (Å²) in [7, 11) is 0. The van der Waals surface area contributed by atoms with Crippen LogP contribution >= 0.6 is 0 Å². The van der Waals surface area contributed by atoms with E-state index < -0.39 is 0 Å². The third-order valence-corrected chi connectivity index (χ3v) is 4.02. The molecule has 1 saturated heterocycles. The van der Waals surface area contributed by atoms with Crippen LogP contribution in [0.15, 0.2) is 18.2 Å². The van der Waals surface area contributed by atoms with Crippen LogP contribution < -0.4 is 5.73 Å². The molecule has 112 valence electrons. The number of rotatable bonds is 2. The van der Waals surface area contributed by atoms with Crippen LogP contribution in [0.2, 0.25) is 0 Å². The Kier molecular flexibility index (Phi) is 3.55. The summed E-state index contributed by atoms with van der Waals surface area (Å²) in [5, 5.41) is 0. The molecule has 1 aromatic heterocycles. The van der Waals surface area contributed by atoms with E-state index in [4.69, 9.17) is 10.5 Å². The Morgan fingerprint density at radius 1 is 1.38 bits per heavy atom. The number of aromatic nitrogens is 2. The molecule has 3 rings (SSSR count). The third kappa shape index (κ3) is 2.35. The average Bonchev–Trinajstić information content (AvgIpc) is 2.84. The highest BCUT2D eigenvalue weighted by Gasteiger charge is 2.26. The highest BCUT2D eigenvalue weighted by molar-refractivity contribution is 5.87. The highest BCUT2D eigenvalue weighted by Crippen LogP contribution is 2.26. The Balaban J connectivity index is 1.97. The SMILES string of the molecule is Cc1cccc2c1nc(N)n2C(C)C(=O)N1CCOCC1. The zero-order valence-electron chi connectivity index (χ0n) is 12.4. The Hall–Kier alpha value is -2.08. The summed E-state index contributed by atoms with van der Waals surface area (Å²) in [6.07, 6.45) is 0. The summed E-state index contributed by atoms with van der Waals surface area (Å²) in [6, 6.07) is 5.54. The summed E-state index contributed by atoms with van der Waals surface area (Å²) in [4.78, 5) is 18.9. The van der Waals surface area contributed by atoms with E-state index in [0.29, 0.717) is 32.3 Å². The van der Waals surface area contributed by atoms with Crippen LogP contribution in [0, 0.1) is 6.92 Å². The lowest BCUT2D eigenvalue weighted by Crippen LogP contribution is -2.43. The van der Waals surface area contributed by atoms with Gasteiger partial charge in [0, 0.05) is 13.1 Å². The molecular weight excluding hydrogens is 268 g/mol. The van der Waals surface area contributed by atoms with Crippen molar-refractivity contribution in [2.75, 3.05) is 32.0 Å². The average molecular weight is 288 g/mol. The van der Waals surface area contributed by atoms with Crippen LogP contribution in [0.25, 0.3) is 11.0 Å². The molecule has 0 radical (unpaired) electrons. The lowest BCUT2D eigenvalue weighted by Gasteiger charge is -2.30. The van der Waals surface area contributed by atoms with Crippen LogP contribution in [-0.4, -0.2) is 46.7 Å². The largest absolute Gasteiger partial charge is 0.378 e. The number of para-hydroxylation sites is 1. The van der Waals surface area contributed by atoms with Crippen LogP contribution in [-0.2, 0) is 9.53 Å². The topological polar surface area (TPSA) is 73.4 Å². The molecule has 1 atom stereocenters. The number of aryl methyl sites for hydroxylation is 1. The molecule has 2 aromatic rings. The van der Waals surface area contributed by atoms with E-state index in [1.54, 1.807) is 0 Å². The number of hydrogen-bond donors (Lipinski definition) is 1. The fraction of sp³-hybridized carbons (Fsp3) is 0.467. The zero-order valence-corrected chi connectivity index (χ0v) is 12.4. The number of nitrogens with two attached hydrogens (primary N) is 1. The van der Waals surface area contributed by atoms with Crippen molar-refractivity contribution in [1.29, 1.82) is 0 Å². The number of nitrogen functional groups attached to an aromatic ring is 1. The number of hydrogen-bond acceptors (Lipinski definition) is 4. The minimum Gasteiger partial charge on any atom is -0.378 e. The van der Waals surface area contributed by atoms with Gasteiger partial charge in [-0.3, -0.25) is 9.36 Å². The van der Waals surface area contributed by atoms with E-state index in [1.807, 2.05) is 41.5 Å². The fourth-order valence-corrected chi connectivity index (χ4v) is 2.84. The van der Waals surface area contributed by atoms with Crippen molar-refractivity contribution >= 4 is 22.9 Å². The first-order valence-electron chi connectivity index (χ1n) is 7.19. The minimum absolute atomic E-state index is 0.0609. The molecule has 1 amide bonds. The standard InChI is InChI=1S/C15H20N4O2/c1-10-4-3-5-12-13(10)17-15(16)19(12)11(2)14(20)18-6-8-21-9-7-18/h3-5,11H,6-9H2,1-2H3,(H2,16,17). The van der Waals surface area contributed by atoms with Crippen molar-refractivity contribution in [1.82, 2.24) is 14.5 Å². The second-order valence-corrected chi connectivity index (χ2v) is 5.40. The van der Waals surface area contributed by atoms with Crippen LogP contribution in [0.4, 0.5) is 5.95 Å². The van der Waals surface area contributed by atoms with E-state index >= 15 is 0 Å². The summed E-state index contributed by atoms with van der Waals surface area (Å²) in [5.41, 5.74) is 8.87. The van der Waals surface area contributed by atoms with E-state index in [2.05, 4.69) is 4.98 Å². The summed E-state index contributed by atoms with van der Waals surface area (Å²) >= 11 is 0. The van der Waals surface area contributed by atoms with Gasteiger partial charge in [-0.1, -0.05) is 12.1 Å². The smallest absolute Gasteiger partial charge is 0.245 e. The van der Waals surface area contributed by atoms with Crippen LogP contribution in [0.1, 0.15) is 18.5 Å². The van der Waals surface area contributed by atoms with Gasteiger partial charge in [-0.05, 0) is 25.5 Å². The molecule has 1 aromatic carbocycles. The van der Waals surface area contributed by atoms with Gasteiger partial charge in [0.05, 0.1) is 24.2 Å². The molecule has 0 saturated carbocycles. The molecule has 1 unspecified atom stereocenters. The van der Waals surface area contributed by atoms with E-state index in [0.717, 1.165) is 16.6 Å². The number of benzene rings is 1. The second-order valence-electron chi connectivity index (χ2n) is 5.40. The number of morpholine rings is 1. The number of nitrogens with zero attached hydrogens (tertiary/aromatic N) is 3. The lowest BCUT2D eigenvalue weighted by atomic mass is 10.2. The van der Waals surface area contributed by atoms with Gasteiger partial charge in [-0.25, -0.2) is 4.98 Å². The summed E-state index contributed by atoms with van der Waals surface area (Å²) in [6.45, 7) is 6.32. The number of anilines is 1. The minimum atomic E-state index is -0.366. The van der Waals surface area contributed by atoms with Gasteiger partial charge in [0.1, 0.15) is 6.04 Å². The maximum Gasteiger partial charge on any atom is 0.245 e. The molecule has 0 bridgehead atoms. The summed E-state index contributed by atoms with van der Waals surface area (Å²) < 4.78 is 7.11. The van der Waals surface area contributed by atoms with Crippen molar-refractivity contribution < 1.29 is 9.53 Å². The number of ether oxygens (including phenoxy) is 1. The first-order valence-corrected chi connectivity index (χ1v) is 7.19. The van der Waals surface area contributed by atoms with Gasteiger partial charge >= 0.3 is 0 Å². The predicted octanol–water partition coefficient (Wildman–Crippen LogP) is 1.35. The molecule has 0 spiro atoms. The molecule has 2 N–H and O–H groups in total. The van der Waals surface area contributed by atoms with E-state index in [9.17, 15) is 4.79 Å². The Morgan fingerprint density at radius 3 is 2.81 bits per heavy atom. The number of carbonyl (C=O) groups excluding carboxylic acids is 1. The number of imidazole rings is 1. The van der Waals surface area contributed by atoms with Gasteiger partial charge in [0.25, 0.3) is 0 Å². The van der Waals surface area contributed by atoms with Crippen LogP contribution in [0.3, 0.4) is 0 Å². The first-order chi connectivity index (χ1) is 10.1. The molecular formula is C15H20N4O2. The molecule has 6 nitrogen and oxygen atoms in total. The summed E-state index contributed by atoms with van der Waals surface area (Å²) in [5.74, 6) is 0.444. The Labute approximate surface area is 123 Å². The maximum absolute atomic E-state index is 12.6. The Bertz CT molecular complexity index is 674. The first kappa shape index (κ1) is 13.9. The van der Waals surface area contributed by atoms with E-state index in [-0.39, 0.29) is 11.9 Å². The second kappa shape index (κ2) is 5.37. The maximum atomic E-state index is 12.6. The van der Waals surface area contributed by atoms with Gasteiger partial charge in [-0.2, -0.15) is 0 Å². The van der Waals surface area contributed by atoms with E-state index in [1.165, 1.54) is 0 Å². The number of amides is 1. The predicted molar refractivity (Wildman–Crippen MR) is 81.0 cm³/mol. The molecule has 21 heavy (non-hydrogen) atoms. The number of carbonyl (C=O) groups is 1. The lowest BCUT2D eigenvalue weighted by molar-refractivity contribution is -0.138. The molecule has 1 aliphatic heterocycles. The van der Waals surface area contributed by atoms with Crippen molar-refractivity contribution in [2.45, 2.75) is 19.9 Å². The van der Waals surface area contributed by atoms with Gasteiger partial charge < -0.3 is 15.4 Å². The normalized spacial score (nSPS) is 17.1. The van der Waals surface area contributed by atoms with Crippen molar-refractivity contribution in [3.63, 3.8) is 0 Å². The molecule has 6 heteroatoms. The quantitative estimate of drug-likeness (QED) is 0.905. The van der Waals surface area contributed by atoms with Crippen molar-refractivity contribution in [3.05, 3.63) is 23.8 Å². The van der Waals surface area contributed by atoms with Gasteiger partial charge in [-0.15, -0.1) is 0 Å². The molecule has 0 aliphatic carbocycles. The van der Waals surface area contributed by atoms with Crippen molar-refractivity contribution in [3.8, 4) is 0 Å². The fourth-order valence-electron chi connectivity index (χ4n) is 2.84. The van der Waals surface area contributed by atoms with Crippen LogP contribution in [0.5, 0.6) is 0 Å². The molecule has 2 heterocycles. The van der Waals surface area contributed by atoms with Gasteiger partial charge in [0.2, 0.25) is 11.9 Å². The molecule has 1 aliphatic rings. The monoisotopic (exact) mass is 288 g/mol.